The van der Waals surface area contributed by atoms with Crippen molar-refractivity contribution >= 4 is 5.78 Å². The van der Waals surface area contributed by atoms with Crippen molar-refractivity contribution in [2.45, 2.75) is 27.3 Å². The standard InChI is InChI=1S/C12H10F2N2O.C2H6/c1-8(17)10-5-15-16(7-10)6-9-2-3-11(13)12(14)4-9;1-2/h2-5,7H,6H2,1H3;1-2H3. The van der Waals surface area contributed by atoms with E-state index in [-0.39, 0.29) is 5.78 Å². The first-order valence-corrected chi connectivity index (χ1v) is 6.03. The maximum Gasteiger partial charge on any atom is 0.162 e. The lowest BCUT2D eigenvalue weighted by Gasteiger charge is -2.02. The molecule has 0 radical (unpaired) electrons. The summed E-state index contributed by atoms with van der Waals surface area (Å²) in [5, 5.41) is 3.96. The van der Waals surface area contributed by atoms with Crippen molar-refractivity contribution in [1.29, 1.82) is 0 Å². The van der Waals surface area contributed by atoms with Crippen LogP contribution in [0.1, 0.15) is 36.7 Å². The van der Waals surface area contributed by atoms with Crippen LogP contribution in [-0.4, -0.2) is 15.6 Å². The highest BCUT2D eigenvalue weighted by Gasteiger charge is 2.06. The number of aromatic nitrogens is 2. The van der Waals surface area contributed by atoms with Crippen LogP contribution in [0.4, 0.5) is 8.78 Å². The Balaban J connectivity index is 0.000000861. The number of ketones is 1. The van der Waals surface area contributed by atoms with E-state index in [1.54, 1.807) is 6.20 Å². The van der Waals surface area contributed by atoms with Gasteiger partial charge in [-0.25, -0.2) is 8.78 Å². The van der Waals surface area contributed by atoms with Crippen LogP contribution in [0.5, 0.6) is 0 Å². The molecule has 1 aromatic carbocycles. The van der Waals surface area contributed by atoms with E-state index in [2.05, 4.69) is 5.10 Å². The molecule has 1 heterocycles. The third-order valence-corrected chi connectivity index (χ3v) is 2.37. The molecule has 0 unspecified atom stereocenters. The second kappa shape index (κ2) is 6.78. The van der Waals surface area contributed by atoms with Crippen molar-refractivity contribution in [2.24, 2.45) is 0 Å². The third-order valence-electron chi connectivity index (χ3n) is 2.37. The number of rotatable bonds is 3. The summed E-state index contributed by atoms with van der Waals surface area (Å²) in [4.78, 5) is 11.0. The van der Waals surface area contributed by atoms with Gasteiger partial charge in [0, 0.05) is 6.20 Å². The van der Waals surface area contributed by atoms with Crippen LogP contribution < -0.4 is 0 Å². The van der Waals surface area contributed by atoms with Crippen molar-refractivity contribution in [3.8, 4) is 0 Å². The Morgan fingerprint density at radius 1 is 1.26 bits per heavy atom. The van der Waals surface area contributed by atoms with Gasteiger partial charge in [-0.05, 0) is 24.6 Å². The van der Waals surface area contributed by atoms with Gasteiger partial charge in [0.05, 0.1) is 18.3 Å². The van der Waals surface area contributed by atoms with E-state index >= 15 is 0 Å². The molecule has 0 spiro atoms. The first-order valence-electron chi connectivity index (χ1n) is 6.03. The second-order valence-electron chi connectivity index (χ2n) is 3.73. The van der Waals surface area contributed by atoms with E-state index in [0.717, 1.165) is 12.1 Å². The fourth-order valence-electron chi connectivity index (χ4n) is 1.46. The highest BCUT2D eigenvalue weighted by Crippen LogP contribution is 2.10. The smallest absolute Gasteiger partial charge is 0.162 e. The summed E-state index contributed by atoms with van der Waals surface area (Å²) >= 11 is 0. The van der Waals surface area contributed by atoms with E-state index in [1.165, 1.54) is 23.9 Å². The van der Waals surface area contributed by atoms with Gasteiger partial charge in [0.25, 0.3) is 0 Å². The number of benzene rings is 1. The molecule has 0 N–H and O–H groups in total. The zero-order valence-corrected chi connectivity index (χ0v) is 11.2. The number of carbonyl (C=O) groups excluding carboxylic acids is 1. The molecule has 5 heteroatoms. The second-order valence-corrected chi connectivity index (χ2v) is 3.73. The summed E-state index contributed by atoms with van der Waals surface area (Å²) in [6.07, 6.45) is 3.02. The first-order chi connectivity index (χ1) is 9.06. The van der Waals surface area contributed by atoms with Gasteiger partial charge in [-0.3, -0.25) is 9.48 Å². The summed E-state index contributed by atoms with van der Waals surface area (Å²) < 4.78 is 27.2. The normalized spacial score (nSPS) is 9.74. The van der Waals surface area contributed by atoms with E-state index in [0.29, 0.717) is 17.7 Å². The molecular formula is C14H16F2N2O. The lowest BCUT2D eigenvalue weighted by atomic mass is 10.2. The van der Waals surface area contributed by atoms with Gasteiger partial charge in [-0.15, -0.1) is 0 Å². The SMILES string of the molecule is CC.CC(=O)c1cnn(Cc2ccc(F)c(F)c2)c1. The van der Waals surface area contributed by atoms with Gasteiger partial charge in [0.2, 0.25) is 0 Å². The minimum absolute atomic E-state index is 0.0819. The molecule has 0 atom stereocenters. The number of carbonyl (C=O) groups is 1. The Labute approximate surface area is 110 Å². The fourth-order valence-corrected chi connectivity index (χ4v) is 1.46. The van der Waals surface area contributed by atoms with Crippen LogP contribution in [-0.2, 0) is 6.54 Å². The number of hydrogen-bond donors (Lipinski definition) is 0. The molecule has 2 rings (SSSR count). The zero-order valence-electron chi connectivity index (χ0n) is 11.2. The molecular weight excluding hydrogens is 250 g/mol. The molecule has 0 amide bonds. The van der Waals surface area contributed by atoms with E-state index in [9.17, 15) is 13.6 Å². The maximum atomic E-state index is 13.0. The van der Waals surface area contributed by atoms with Crippen molar-refractivity contribution in [3.63, 3.8) is 0 Å². The highest BCUT2D eigenvalue weighted by molar-refractivity contribution is 5.93. The van der Waals surface area contributed by atoms with E-state index in [1.807, 2.05) is 13.8 Å². The van der Waals surface area contributed by atoms with E-state index in [4.69, 9.17) is 0 Å². The molecule has 2 aromatic rings. The van der Waals surface area contributed by atoms with Crippen molar-refractivity contribution in [3.05, 3.63) is 53.4 Å². The molecule has 1 aromatic heterocycles. The average Bonchev–Trinajstić information content (AvgIpc) is 2.85. The van der Waals surface area contributed by atoms with Gasteiger partial charge >= 0.3 is 0 Å². The zero-order chi connectivity index (χ0) is 14.4. The predicted molar refractivity (Wildman–Crippen MR) is 69.0 cm³/mol. The number of nitrogens with zero attached hydrogens (tertiary/aromatic N) is 2. The average molecular weight is 266 g/mol. The van der Waals surface area contributed by atoms with Crippen LogP contribution in [0.15, 0.2) is 30.6 Å². The fraction of sp³-hybridized carbons (Fsp3) is 0.286. The summed E-state index contributed by atoms with van der Waals surface area (Å²) in [5.74, 6) is -1.85. The highest BCUT2D eigenvalue weighted by atomic mass is 19.2. The largest absolute Gasteiger partial charge is 0.294 e. The topological polar surface area (TPSA) is 34.9 Å². The summed E-state index contributed by atoms with van der Waals surface area (Å²) in [5.41, 5.74) is 1.08. The van der Waals surface area contributed by atoms with Crippen molar-refractivity contribution < 1.29 is 13.6 Å². The predicted octanol–water partition coefficient (Wildman–Crippen LogP) is 3.44. The van der Waals surface area contributed by atoms with Crippen LogP contribution in [0.3, 0.4) is 0 Å². The molecule has 0 saturated heterocycles. The summed E-state index contributed by atoms with van der Waals surface area (Å²) in [6.45, 7) is 5.74. The van der Waals surface area contributed by atoms with Crippen LogP contribution in [0.25, 0.3) is 0 Å². The lowest BCUT2D eigenvalue weighted by Crippen LogP contribution is -2.01. The van der Waals surface area contributed by atoms with Crippen molar-refractivity contribution in [1.82, 2.24) is 9.78 Å². The quantitative estimate of drug-likeness (QED) is 0.798. The number of halogens is 2. The van der Waals surface area contributed by atoms with Gasteiger partial charge in [0.15, 0.2) is 17.4 Å². The van der Waals surface area contributed by atoms with Crippen LogP contribution in [0.2, 0.25) is 0 Å². The molecule has 0 saturated carbocycles. The minimum atomic E-state index is -0.888. The molecule has 102 valence electrons. The Hall–Kier alpha value is -2.04. The summed E-state index contributed by atoms with van der Waals surface area (Å²) in [7, 11) is 0. The Kier molecular flexibility index (Phi) is 5.36. The van der Waals surface area contributed by atoms with Crippen LogP contribution in [0, 0.1) is 11.6 Å². The molecule has 0 aliphatic carbocycles. The van der Waals surface area contributed by atoms with Crippen molar-refractivity contribution in [2.75, 3.05) is 0 Å². The molecule has 0 aliphatic heterocycles. The van der Waals surface area contributed by atoms with Gasteiger partial charge in [-0.1, -0.05) is 19.9 Å². The monoisotopic (exact) mass is 266 g/mol. The molecule has 3 nitrogen and oxygen atoms in total. The number of Topliss-reactive ketones (excluding diaryl/α,β-unsaturated/α-hetero) is 1. The molecule has 0 bridgehead atoms. The lowest BCUT2D eigenvalue weighted by molar-refractivity contribution is 0.101. The minimum Gasteiger partial charge on any atom is -0.294 e. The molecule has 0 aliphatic rings. The Bertz CT molecular complexity index is 564. The first kappa shape index (κ1) is 15.0. The molecule has 19 heavy (non-hydrogen) atoms. The maximum absolute atomic E-state index is 13.0. The molecule has 0 fully saturated rings. The third kappa shape index (κ3) is 3.98. The summed E-state index contributed by atoms with van der Waals surface area (Å²) in [6, 6.07) is 3.66. The van der Waals surface area contributed by atoms with E-state index < -0.39 is 11.6 Å². The Morgan fingerprint density at radius 3 is 2.47 bits per heavy atom. The van der Waals surface area contributed by atoms with Gasteiger partial charge in [0.1, 0.15) is 0 Å². The van der Waals surface area contributed by atoms with Gasteiger partial charge in [-0.2, -0.15) is 5.10 Å². The Morgan fingerprint density at radius 2 is 1.95 bits per heavy atom. The van der Waals surface area contributed by atoms with Crippen LogP contribution >= 0.6 is 0 Å². The number of hydrogen-bond acceptors (Lipinski definition) is 2. The van der Waals surface area contributed by atoms with Gasteiger partial charge < -0.3 is 0 Å².